The quantitative estimate of drug-likeness (QED) is 0.834. The van der Waals surface area contributed by atoms with Crippen LogP contribution in [-0.4, -0.2) is 54.1 Å². The van der Waals surface area contributed by atoms with Crippen molar-refractivity contribution in [3.8, 4) is 0 Å². The van der Waals surface area contributed by atoms with Crippen molar-refractivity contribution in [1.82, 2.24) is 9.80 Å². The summed E-state index contributed by atoms with van der Waals surface area (Å²) < 4.78 is 5.32. The smallest absolute Gasteiger partial charge is 0.410 e. The Balaban J connectivity index is 1.61. The summed E-state index contributed by atoms with van der Waals surface area (Å²) in [5.41, 5.74) is 1.04. The summed E-state index contributed by atoms with van der Waals surface area (Å²) in [6.07, 6.45) is 1.44. The highest BCUT2D eigenvalue weighted by atomic mass is 32.1. The number of nitrogens with zero attached hydrogens (tertiary/aromatic N) is 2. The molecule has 2 fully saturated rings. The fourth-order valence-corrected chi connectivity index (χ4v) is 4.20. The lowest BCUT2D eigenvalue weighted by molar-refractivity contribution is -0.0153. The first-order valence-corrected chi connectivity index (χ1v) is 9.02. The number of piperidine rings is 1. The zero-order chi connectivity index (χ0) is 16.6. The molecule has 2 saturated heterocycles. The Kier molecular flexibility index (Phi) is 4.36. The van der Waals surface area contributed by atoms with Gasteiger partial charge in [-0.1, -0.05) is 13.8 Å². The fraction of sp³-hybridized carbons (Fsp3) is 0.647. The van der Waals surface area contributed by atoms with Crippen LogP contribution in [0.15, 0.2) is 11.4 Å². The first-order chi connectivity index (χ1) is 10.9. The summed E-state index contributed by atoms with van der Waals surface area (Å²) in [6.45, 7) is 8.82. The molecule has 0 saturated carbocycles. The molecule has 3 rings (SSSR count). The summed E-state index contributed by atoms with van der Waals surface area (Å²) in [6, 6.07) is 2.16. The van der Waals surface area contributed by atoms with Crippen LogP contribution < -0.4 is 0 Å². The van der Waals surface area contributed by atoms with E-state index in [1.807, 2.05) is 28.2 Å². The highest BCUT2D eigenvalue weighted by Gasteiger charge is 2.38. The fourth-order valence-electron chi connectivity index (χ4n) is 3.31. The molecule has 1 aromatic heterocycles. The van der Waals surface area contributed by atoms with E-state index in [0.29, 0.717) is 19.7 Å². The van der Waals surface area contributed by atoms with Crippen LogP contribution in [-0.2, 0) is 4.74 Å². The molecular weight excluding hydrogens is 312 g/mol. The average molecular weight is 336 g/mol. The second kappa shape index (κ2) is 6.15. The van der Waals surface area contributed by atoms with Gasteiger partial charge < -0.3 is 14.5 Å². The van der Waals surface area contributed by atoms with Crippen LogP contribution in [0.5, 0.6) is 0 Å². The third kappa shape index (κ3) is 3.37. The SMILES string of the molecule is Cc1ccsc1C(=O)N1CCC(N2CC(C)(C)COC2=O)CC1. The van der Waals surface area contributed by atoms with Gasteiger partial charge in [0, 0.05) is 31.1 Å². The third-order valence-electron chi connectivity index (χ3n) is 4.67. The van der Waals surface area contributed by atoms with Crippen LogP contribution in [0.4, 0.5) is 4.79 Å². The molecule has 0 spiro atoms. The van der Waals surface area contributed by atoms with E-state index in [2.05, 4.69) is 13.8 Å². The molecule has 0 N–H and O–H groups in total. The number of rotatable bonds is 2. The lowest BCUT2D eigenvalue weighted by atomic mass is 9.91. The molecule has 2 aliphatic rings. The molecule has 3 heterocycles. The summed E-state index contributed by atoms with van der Waals surface area (Å²) in [5, 5.41) is 1.96. The maximum Gasteiger partial charge on any atom is 0.410 e. The number of cyclic esters (lactones) is 1. The van der Waals surface area contributed by atoms with Crippen molar-refractivity contribution < 1.29 is 14.3 Å². The minimum atomic E-state index is -0.205. The Labute approximate surface area is 141 Å². The zero-order valence-corrected chi connectivity index (χ0v) is 14.8. The van der Waals surface area contributed by atoms with Crippen molar-refractivity contribution >= 4 is 23.3 Å². The van der Waals surface area contributed by atoms with E-state index in [-0.39, 0.29) is 23.5 Å². The Bertz CT molecular complexity index is 603. The maximum atomic E-state index is 12.6. The molecule has 0 aromatic carbocycles. The summed E-state index contributed by atoms with van der Waals surface area (Å²) in [4.78, 5) is 29.2. The van der Waals surface area contributed by atoms with Crippen molar-refractivity contribution in [2.45, 2.75) is 39.7 Å². The van der Waals surface area contributed by atoms with Crippen LogP contribution in [0.3, 0.4) is 0 Å². The summed E-state index contributed by atoms with van der Waals surface area (Å²) in [7, 11) is 0. The van der Waals surface area contributed by atoms with Gasteiger partial charge in [-0.25, -0.2) is 4.79 Å². The normalized spacial score (nSPS) is 22.1. The Morgan fingerprint density at radius 1 is 1.35 bits per heavy atom. The molecule has 0 aliphatic carbocycles. The first-order valence-electron chi connectivity index (χ1n) is 8.14. The van der Waals surface area contributed by atoms with Gasteiger partial charge in [-0.2, -0.15) is 0 Å². The Morgan fingerprint density at radius 3 is 2.65 bits per heavy atom. The molecule has 0 atom stereocenters. The number of hydrogen-bond donors (Lipinski definition) is 0. The van der Waals surface area contributed by atoms with E-state index in [1.165, 1.54) is 11.3 Å². The number of carbonyl (C=O) groups is 2. The van der Waals surface area contributed by atoms with E-state index in [0.717, 1.165) is 29.8 Å². The monoisotopic (exact) mass is 336 g/mol. The molecule has 23 heavy (non-hydrogen) atoms. The average Bonchev–Trinajstić information content (AvgIpc) is 2.95. The number of ether oxygens (including phenoxy) is 1. The van der Waals surface area contributed by atoms with Crippen molar-refractivity contribution in [1.29, 1.82) is 0 Å². The molecule has 0 radical (unpaired) electrons. The van der Waals surface area contributed by atoms with Crippen molar-refractivity contribution in [3.05, 3.63) is 21.9 Å². The van der Waals surface area contributed by atoms with Crippen molar-refractivity contribution in [2.24, 2.45) is 5.41 Å². The molecule has 2 amide bonds. The first kappa shape index (κ1) is 16.3. The minimum absolute atomic E-state index is 0.00502. The van der Waals surface area contributed by atoms with Gasteiger partial charge in [0.25, 0.3) is 5.91 Å². The zero-order valence-electron chi connectivity index (χ0n) is 14.0. The molecule has 5 nitrogen and oxygen atoms in total. The number of hydrogen-bond acceptors (Lipinski definition) is 4. The van der Waals surface area contributed by atoms with E-state index < -0.39 is 0 Å². The number of likely N-dealkylation sites (tertiary alicyclic amines) is 1. The summed E-state index contributed by atoms with van der Waals surface area (Å²) in [5.74, 6) is 0.123. The lowest BCUT2D eigenvalue weighted by Gasteiger charge is -2.44. The standard InChI is InChI=1S/C17H24N2O3S/c1-12-6-9-23-14(12)15(20)18-7-4-13(5-8-18)19-10-17(2,3)11-22-16(19)21/h6,9,13H,4-5,7-8,10-11H2,1-3H3. The number of aryl methyl sites for hydroxylation is 1. The van der Waals surface area contributed by atoms with Crippen LogP contribution in [0.2, 0.25) is 0 Å². The number of amides is 2. The predicted octanol–water partition coefficient (Wildman–Crippen LogP) is 3.14. The second-order valence-electron chi connectivity index (χ2n) is 7.30. The third-order valence-corrected chi connectivity index (χ3v) is 5.67. The van der Waals surface area contributed by atoms with E-state index >= 15 is 0 Å². The van der Waals surface area contributed by atoms with E-state index in [1.54, 1.807) is 0 Å². The molecular formula is C17H24N2O3S. The van der Waals surface area contributed by atoms with Gasteiger partial charge in [-0.05, 0) is 36.8 Å². The van der Waals surface area contributed by atoms with Gasteiger partial charge in [0.15, 0.2) is 0 Å². The second-order valence-corrected chi connectivity index (χ2v) is 8.22. The lowest BCUT2D eigenvalue weighted by Crippen LogP contribution is -2.55. The van der Waals surface area contributed by atoms with Gasteiger partial charge >= 0.3 is 6.09 Å². The molecule has 126 valence electrons. The topological polar surface area (TPSA) is 49.9 Å². The van der Waals surface area contributed by atoms with Gasteiger partial charge in [0.1, 0.15) is 0 Å². The Hall–Kier alpha value is -1.56. The van der Waals surface area contributed by atoms with Gasteiger partial charge in [-0.15, -0.1) is 11.3 Å². The largest absolute Gasteiger partial charge is 0.449 e. The van der Waals surface area contributed by atoms with Gasteiger partial charge in [0.05, 0.1) is 11.5 Å². The van der Waals surface area contributed by atoms with Gasteiger partial charge in [0.2, 0.25) is 0 Å². The van der Waals surface area contributed by atoms with E-state index in [9.17, 15) is 9.59 Å². The molecule has 0 unspecified atom stereocenters. The van der Waals surface area contributed by atoms with E-state index in [4.69, 9.17) is 4.74 Å². The highest BCUT2D eigenvalue weighted by molar-refractivity contribution is 7.12. The molecule has 1 aromatic rings. The van der Waals surface area contributed by atoms with Crippen molar-refractivity contribution in [2.75, 3.05) is 26.2 Å². The minimum Gasteiger partial charge on any atom is -0.449 e. The molecule has 0 bridgehead atoms. The highest BCUT2D eigenvalue weighted by Crippen LogP contribution is 2.29. The van der Waals surface area contributed by atoms with Crippen molar-refractivity contribution in [3.63, 3.8) is 0 Å². The maximum absolute atomic E-state index is 12.6. The predicted molar refractivity (Wildman–Crippen MR) is 89.8 cm³/mol. The number of carbonyl (C=O) groups excluding carboxylic acids is 2. The Morgan fingerprint density at radius 2 is 2.04 bits per heavy atom. The van der Waals surface area contributed by atoms with Gasteiger partial charge in [-0.3, -0.25) is 4.79 Å². The van der Waals surface area contributed by atoms with Crippen LogP contribution in [0.1, 0.15) is 41.9 Å². The molecule has 6 heteroatoms. The number of thiophene rings is 1. The van der Waals surface area contributed by atoms with Crippen LogP contribution in [0, 0.1) is 12.3 Å². The molecule has 2 aliphatic heterocycles. The summed E-state index contributed by atoms with van der Waals surface area (Å²) >= 11 is 1.50. The van der Waals surface area contributed by atoms with Crippen LogP contribution >= 0.6 is 11.3 Å². The van der Waals surface area contributed by atoms with Crippen LogP contribution in [0.25, 0.3) is 0 Å².